The maximum atomic E-state index is 12.7. The minimum atomic E-state index is -3.68. The van der Waals surface area contributed by atoms with Crippen LogP contribution in [0.15, 0.2) is 4.90 Å². The van der Waals surface area contributed by atoms with Crippen molar-refractivity contribution in [2.45, 2.75) is 45.4 Å². The Morgan fingerprint density at radius 2 is 1.96 bits per heavy atom. The Morgan fingerprint density at radius 1 is 1.32 bits per heavy atom. The highest BCUT2D eigenvalue weighted by Crippen LogP contribution is 2.23. The molecule has 2 heterocycles. The van der Waals surface area contributed by atoms with Gasteiger partial charge in [0, 0.05) is 24.3 Å². The van der Waals surface area contributed by atoms with Gasteiger partial charge in [0.25, 0.3) is 0 Å². The normalized spacial score (nSPS) is 17.0. The Hall–Kier alpha value is -1.38. The first-order chi connectivity index (χ1) is 11.8. The summed E-state index contributed by atoms with van der Waals surface area (Å²) < 4.78 is 32.9. The predicted octanol–water partition coefficient (Wildman–Crippen LogP) is 1.82. The molecule has 0 radical (unpaired) electrons. The van der Waals surface area contributed by atoms with E-state index in [1.165, 1.54) is 0 Å². The van der Waals surface area contributed by atoms with Gasteiger partial charge in [0.15, 0.2) is 0 Å². The molecule has 2 N–H and O–H groups in total. The van der Waals surface area contributed by atoms with E-state index in [0.717, 1.165) is 31.8 Å². The summed E-state index contributed by atoms with van der Waals surface area (Å²) in [5, 5.41) is 0. The fourth-order valence-corrected chi connectivity index (χ4v) is 4.70. The number of esters is 1. The lowest BCUT2D eigenvalue weighted by atomic mass is 9.99. The molecule has 1 aromatic heterocycles. The maximum absolute atomic E-state index is 12.7. The number of aryl methyl sites for hydroxylation is 1. The number of H-pyrrole nitrogens is 1. The fourth-order valence-electron chi connectivity index (χ4n) is 3.24. The summed E-state index contributed by atoms with van der Waals surface area (Å²) in [6.45, 7) is 10.5. The average molecular weight is 372 g/mol. The number of hydrogen-bond acceptors (Lipinski definition) is 5. The molecule has 1 saturated heterocycles. The molecule has 0 bridgehead atoms. The first-order valence-corrected chi connectivity index (χ1v) is 10.3. The SMILES string of the molecule is CCOC(=O)c1[nH]c(C)c(S(=O)(=O)NCCN2CCC(C)CC2)c1C. The smallest absolute Gasteiger partial charge is 0.355 e. The molecular formula is C17H29N3O4S. The first-order valence-electron chi connectivity index (χ1n) is 8.84. The number of aromatic nitrogens is 1. The van der Waals surface area contributed by atoms with Crippen molar-refractivity contribution in [1.29, 1.82) is 0 Å². The van der Waals surface area contributed by atoms with Crippen molar-refractivity contribution in [3.05, 3.63) is 17.0 Å². The molecule has 2 rings (SSSR count). The van der Waals surface area contributed by atoms with Crippen LogP contribution in [0.3, 0.4) is 0 Å². The van der Waals surface area contributed by atoms with Gasteiger partial charge < -0.3 is 14.6 Å². The summed E-state index contributed by atoms with van der Waals surface area (Å²) in [7, 11) is -3.68. The molecule has 8 heteroatoms. The molecule has 0 unspecified atom stereocenters. The number of piperidine rings is 1. The molecule has 1 aromatic rings. The van der Waals surface area contributed by atoms with Crippen LogP contribution in [-0.4, -0.2) is 57.1 Å². The number of aromatic amines is 1. The Labute approximate surface area is 150 Å². The lowest BCUT2D eigenvalue weighted by Gasteiger charge is -2.30. The number of nitrogens with one attached hydrogen (secondary N) is 2. The average Bonchev–Trinajstić information content (AvgIpc) is 2.85. The maximum Gasteiger partial charge on any atom is 0.355 e. The van der Waals surface area contributed by atoms with Crippen LogP contribution in [0.1, 0.15) is 48.4 Å². The van der Waals surface area contributed by atoms with Crippen LogP contribution >= 0.6 is 0 Å². The minimum absolute atomic E-state index is 0.141. The van der Waals surface area contributed by atoms with Gasteiger partial charge in [-0.15, -0.1) is 0 Å². The van der Waals surface area contributed by atoms with Gasteiger partial charge in [-0.1, -0.05) is 6.92 Å². The third kappa shape index (κ3) is 4.83. The number of likely N-dealkylation sites (tertiary alicyclic amines) is 1. The molecule has 7 nitrogen and oxygen atoms in total. The monoisotopic (exact) mass is 371 g/mol. The van der Waals surface area contributed by atoms with Crippen LogP contribution in [0, 0.1) is 19.8 Å². The van der Waals surface area contributed by atoms with E-state index in [9.17, 15) is 13.2 Å². The van der Waals surface area contributed by atoms with E-state index in [-0.39, 0.29) is 17.2 Å². The Kier molecular flexibility index (Phi) is 6.65. The standard InChI is InChI=1S/C17H29N3O4S/c1-5-24-17(21)15-13(3)16(14(4)19-15)25(22,23)18-8-11-20-9-6-12(2)7-10-20/h12,18-19H,5-11H2,1-4H3. The topological polar surface area (TPSA) is 91.5 Å². The molecule has 0 atom stereocenters. The Balaban J connectivity index is 2.03. The highest BCUT2D eigenvalue weighted by Gasteiger charge is 2.27. The molecular weight excluding hydrogens is 342 g/mol. The summed E-state index contributed by atoms with van der Waals surface area (Å²) in [4.78, 5) is 17.2. The summed E-state index contributed by atoms with van der Waals surface area (Å²) in [6, 6.07) is 0. The van der Waals surface area contributed by atoms with Gasteiger partial charge in [-0.2, -0.15) is 0 Å². The van der Waals surface area contributed by atoms with E-state index >= 15 is 0 Å². The van der Waals surface area contributed by atoms with Gasteiger partial charge in [-0.3, -0.25) is 0 Å². The van der Waals surface area contributed by atoms with Gasteiger partial charge in [0.2, 0.25) is 10.0 Å². The van der Waals surface area contributed by atoms with E-state index in [2.05, 4.69) is 21.5 Å². The zero-order chi connectivity index (χ0) is 18.6. The number of carbonyl (C=O) groups excluding carboxylic acids is 1. The lowest BCUT2D eigenvalue weighted by molar-refractivity contribution is 0.0519. The van der Waals surface area contributed by atoms with Crippen molar-refractivity contribution in [2.24, 2.45) is 5.92 Å². The number of nitrogens with zero attached hydrogens (tertiary/aromatic N) is 1. The van der Waals surface area contributed by atoms with Gasteiger partial charge in [-0.05, 0) is 52.6 Å². The molecule has 0 saturated carbocycles. The second-order valence-corrected chi connectivity index (χ2v) is 8.43. The van der Waals surface area contributed by atoms with Crippen molar-refractivity contribution in [3.8, 4) is 0 Å². The van der Waals surface area contributed by atoms with Gasteiger partial charge in [0.05, 0.1) is 6.61 Å². The van der Waals surface area contributed by atoms with Gasteiger partial charge >= 0.3 is 5.97 Å². The third-order valence-corrected chi connectivity index (χ3v) is 6.45. The van der Waals surface area contributed by atoms with Crippen molar-refractivity contribution >= 4 is 16.0 Å². The molecule has 0 aromatic carbocycles. The van der Waals surface area contributed by atoms with Crippen LogP contribution < -0.4 is 4.72 Å². The second-order valence-electron chi connectivity index (χ2n) is 6.72. The number of rotatable bonds is 7. The lowest BCUT2D eigenvalue weighted by Crippen LogP contribution is -2.39. The van der Waals surface area contributed by atoms with Crippen molar-refractivity contribution in [1.82, 2.24) is 14.6 Å². The van der Waals surface area contributed by atoms with Crippen LogP contribution in [-0.2, 0) is 14.8 Å². The first kappa shape index (κ1) is 19.9. The summed E-state index contributed by atoms with van der Waals surface area (Å²) in [5.74, 6) is 0.214. The van der Waals surface area contributed by atoms with E-state index in [4.69, 9.17) is 4.74 Å². The molecule has 1 aliphatic heterocycles. The molecule has 25 heavy (non-hydrogen) atoms. The van der Waals surface area contributed by atoms with E-state index in [0.29, 0.717) is 24.3 Å². The van der Waals surface area contributed by atoms with Crippen molar-refractivity contribution in [2.75, 3.05) is 32.8 Å². The van der Waals surface area contributed by atoms with Crippen LogP contribution in [0.25, 0.3) is 0 Å². The van der Waals surface area contributed by atoms with E-state index in [1.54, 1.807) is 20.8 Å². The number of hydrogen-bond donors (Lipinski definition) is 2. The predicted molar refractivity (Wildman–Crippen MR) is 96.2 cm³/mol. The quantitative estimate of drug-likeness (QED) is 0.714. The Morgan fingerprint density at radius 3 is 2.56 bits per heavy atom. The number of ether oxygens (including phenoxy) is 1. The highest BCUT2D eigenvalue weighted by molar-refractivity contribution is 7.89. The third-order valence-electron chi connectivity index (χ3n) is 4.71. The van der Waals surface area contributed by atoms with Gasteiger partial charge in [-0.25, -0.2) is 17.9 Å². The molecule has 0 amide bonds. The second kappa shape index (κ2) is 8.33. The summed E-state index contributed by atoms with van der Waals surface area (Å²) >= 11 is 0. The van der Waals surface area contributed by atoms with E-state index < -0.39 is 16.0 Å². The molecule has 1 aliphatic rings. The molecule has 0 aliphatic carbocycles. The van der Waals surface area contributed by atoms with E-state index in [1.807, 2.05) is 0 Å². The zero-order valence-corrected chi connectivity index (χ0v) is 16.3. The molecule has 142 valence electrons. The Bertz CT molecular complexity index is 704. The number of sulfonamides is 1. The molecule has 0 spiro atoms. The van der Waals surface area contributed by atoms with Crippen LogP contribution in [0.5, 0.6) is 0 Å². The highest BCUT2D eigenvalue weighted by atomic mass is 32.2. The number of carbonyl (C=O) groups is 1. The summed E-state index contributed by atoms with van der Waals surface area (Å²) in [6.07, 6.45) is 2.32. The van der Waals surface area contributed by atoms with Crippen molar-refractivity contribution in [3.63, 3.8) is 0 Å². The summed E-state index contributed by atoms with van der Waals surface area (Å²) in [5.41, 5.74) is 1.04. The molecule has 1 fully saturated rings. The largest absolute Gasteiger partial charge is 0.461 e. The van der Waals surface area contributed by atoms with Crippen LogP contribution in [0.2, 0.25) is 0 Å². The minimum Gasteiger partial charge on any atom is -0.461 e. The van der Waals surface area contributed by atoms with Gasteiger partial charge in [0.1, 0.15) is 10.6 Å². The van der Waals surface area contributed by atoms with Crippen LogP contribution in [0.4, 0.5) is 0 Å². The zero-order valence-electron chi connectivity index (χ0n) is 15.5. The van der Waals surface area contributed by atoms with Crippen molar-refractivity contribution < 1.29 is 17.9 Å². The fraction of sp³-hybridized carbons (Fsp3) is 0.706.